The number of fused-ring (bicyclic) bond motifs is 1. The fourth-order valence-corrected chi connectivity index (χ4v) is 2.61. The first-order valence-corrected chi connectivity index (χ1v) is 7.92. The van der Waals surface area contributed by atoms with Crippen LogP contribution in [0.1, 0.15) is 59.9 Å². The van der Waals surface area contributed by atoms with E-state index in [1.165, 1.54) is 5.56 Å². The zero-order valence-corrected chi connectivity index (χ0v) is 14.8. The number of hydrogen-bond acceptors (Lipinski definition) is 3. The Labute approximate surface area is 133 Å². The van der Waals surface area contributed by atoms with Crippen LogP contribution >= 0.6 is 0 Å². The number of amides is 1. The largest absolute Gasteiger partial charge is 0.443 e. The molecule has 0 unspecified atom stereocenters. The van der Waals surface area contributed by atoms with E-state index in [2.05, 4.69) is 51.2 Å². The predicted molar refractivity (Wildman–Crippen MR) is 91.8 cm³/mol. The monoisotopic (exact) mass is 304 g/mol. The van der Waals surface area contributed by atoms with Gasteiger partial charge in [-0.05, 0) is 58.2 Å². The smallest absolute Gasteiger partial charge is 0.415 e. The van der Waals surface area contributed by atoms with Gasteiger partial charge in [0.2, 0.25) is 0 Å². The Kier molecular flexibility index (Phi) is 4.16. The normalized spacial score (nSPS) is 17.0. The van der Waals surface area contributed by atoms with Gasteiger partial charge in [0.05, 0.1) is 16.9 Å². The minimum atomic E-state index is -0.506. The maximum absolute atomic E-state index is 12.7. The summed E-state index contributed by atoms with van der Waals surface area (Å²) < 4.78 is 5.63. The van der Waals surface area contributed by atoms with E-state index in [0.717, 1.165) is 11.4 Å². The second kappa shape index (κ2) is 5.49. The summed E-state index contributed by atoms with van der Waals surface area (Å²) in [6, 6.07) is 6.26. The highest BCUT2D eigenvalue weighted by Gasteiger charge is 2.39. The van der Waals surface area contributed by atoms with Gasteiger partial charge < -0.3 is 10.1 Å². The number of carbonyl (C=O) groups excluding carboxylic acids is 1. The topological polar surface area (TPSA) is 41.6 Å². The molecule has 1 aliphatic rings. The lowest BCUT2D eigenvalue weighted by Crippen LogP contribution is -2.56. The van der Waals surface area contributed by atoms with Crippen molar-refractivity contribution < 1.29 is 9.53 Å². The summed E-state index contributed by atoms with van der Waals surface area (Å²) >= 11 is 0. The second-order valence-corrected chi connectivity index (χ2v) is 7.91. The lowest BCUT2D eigenvalue weighted by Gasteiger charge is -2.44. The van der Waals surface area contributed by atoms with Crippen molar-refractivity contribution >= 4 is 17.5 Å². The van der Waals surface area contributed by atoms with Crippen molar-refractivity contribution in [2.24, 2.45) is 0 Å². The Bertz CT molecular complexity index is 571. The second-order valence-electron chi connectivity index (χ2n) is 7.91. The third-order valence-corrected chi connectivity index (χ3v) is 3.82. The number of nitrogens with zero attached hydrogens (tertiary/aromatic N) is 1. The summed E-state index contributed by atoms with van der Waals surface area (Å²) in [6.45, 7) is 14.8. The van der Waals surface area contributed by atoms with Crippen LogP contribution in [0.4, 0.5) is 16.2 Å². The number of hydrogen-bond donors (Lipinski definition) is 1. The highest BCUT2D eigenvalue weighted by atomic mass is 16.6. The molecule has 0 fully saturated rings. The van der Waals surface area contributed by atoms with Crippen LogP contribution in [0.3, 0.4) is 0 Å². The molecule has 0 aromatic heterocycles. The Morgan fingerprint density at radius 2 is 1.95 bits per heavy atom. The molecule has 0 atom stereocenters. The first-order valence-electron chi connectivity index (χ1n) is 7.92. The Hall–Kier alpha value is -1.71. The van der Waals surface area contributed by atoms with Crippen LogP contribution in [0.5, 0.6) is 0 Å². The molecule has 0 spiro atoms. The third kappa shape index (κ3) is 3.37. The Balaban J connectivity index is 2.47. The van der Waals surface area contributed by atoms with Crippen molar-refractivity contribution in [3.05, 3.63) is 23.8 Å². The summed E-state index contributed by atoms with van der Waals surface area (Å²) in [5.41, 5.74) is 2.25. The van der Waals surface area contributed by atoms with Crippen LogP contribution in [0, 0.1) is 0 Å². The molecular weight excluding hydrogens is 276 g/mol. The van der Waals surface area contributed by atoms with E-state index in [9.17, 15) is 4.79 Å². The summed E-state index contributed by atoms with van der Waals surface area (Å²) in [6.07, 6.45) is -0.291. The molecule has 0 aliphatic carbocycles. The number of benzene rings is 1. The fraction of sp³-hybridized carbons (Fsp3) is 0.611. The quantitative estimate of drug-likeness (QED) is 0.813. The zero-order chi connectivity index (χ0) is 16.7. The van der Waals surface area contributed by atoms with Crippen molar-refractivity contribution in [1.82, 2.24) is 0 Å². The summed E-state index contributed by atoms with van der Waals surface area (Å²) in [4.78, 5) is 14.5. The van der Waals surface area contributed by atoms with Crippen LogP contribution in [-0.4, -0.2) is 23.8 Å². The third-order valence-electron chi connectivity index (χ3n) is 3.82. The van der Waals surface area contributed by atoms with Crippen molar-refractivity contribution in [1.29, 1.82) is 0 Å². The van der Waals surface area contributed by atoms with Gasteiger partial charge in [-0.2, -0.15) is 0 Å². The zero-order valence-electron chi connectivity index (χ0n) is 14.8. The maximum Gasteiger partial charge on any atom is 0.415 e. The molecule has 122 valence electrons. The highest BCUT2D eigenvalue weighted by Crippen LogP contribution is 2.39. The van der Waals surface area contributed by atoms with Crippen LogP contribution in [0.25, 0.3) is 0 Å². The van der Waals surface area contributed by atoms with E-state index in [0.29, 0.717) is 12.5 Å². The van der Waals surface area contributed by atoms with Gasteiger partial charge in [-0.15, -0.1) is 0 Å². The SMILES string of the molecule is CC(C)c1ccc2c(c1)N(C(=O)OC(C)(C)C)C(C)(C)CN2. The lowest BCUT2D eigenvalue weighted by atomic mass is 9.95. The Morgan fingerprint density at radius 1 is 1.32 bits per heavy atom. The van der Waals surface area contributed by atoms with Crippen molar-refractivity contribution in [3.8, 4) is 0 Å². The van der Waals surface area contributed by atoms with Crippen molar-refractivity contribution in [3.63, 3.8) is 0 Å². The van der Waals surface area contributed by atoms with E-state index >= 15 is 0 Å². The van der Waals surface area contributed by atoms with Crippen molar-refractivity contribution in [2.45, 2.75) is 65.5 Å². The predicted octanol–water partition coefficient (Wildman–Crippen LogP) is 4.76. The first-order chi connectivity index (χ1) is 10.0. The number of carbonyl (C=O) groups is 1. The van der Waals surface area contributed by atoms with E-state index in [-0.39, 0.29) is 11.6 Å². The van der Waals surface area contributed by atoms with Crippen LogP contribution in [0.2, 0.25) is 0 Å². The van der Waals surface area contributed by atoms with Crippen LogP contribution < -0.4 is 10.2 Å². The molecule has 0 bridgehead atoms. The van der Waals surface area contributed by atoms with Gasteiger partial charge in [-0.3, -0.25) is 4.90 Å². The van der Waals surface area contributed by atoms with Gasteiger partial charge in [0.1, 0.15) is 5.60 Å². The van der Waals surface area contributed by atoms with Crippen LogP contribution in [0.15, 0.2) is 18.2 Å². The molecule has 1 aliphatic heterocycles. The number of ether oxygens (including phenoxy) is 1. The molecule has 1 N–H and O–H groups in total. The highest BCUT2D eigenvalue weighted by molar-refractivity contribution is 5.95. The van der Waals surface area contributed by atoms with E-state index in [4.69, 9.17) is 4.74 Å². The molecule has 0 saturated carbocycles. The van der Waals surface area contributed by atoms with Gasteiger partial charge >= 0.3 is 6.09 Å². The number of anilines is 2. The number of nitrogens with one attached hydrogen (secondary N) is 1. The number of rotatable bonds is 1. The first kappa shape index (κ1) is 16.7. The van der Waals surface area contributed by atoms with E-state index in [1.807, 2.05) is 20.8 Å². The van der Waals surface area contributed by atoms with Gasteiger partial charge in [-0.1, -0.05) is 19.9 Å². The molecular formula is C18H28N2O2. The lowest BCUT2D eigenvalue weighted by molar-refractivity contribution is 0.0546. The van der Waals surface area contributed by atoms with E-state index < -0.39 is 5.60 Å². The Morgan fingerprint density at radius 3 is 2.50 bits per heavy atom. The van der Waals surface area contributed by atoms with E-state index in [1.54, 1.807) is 4.90 Å². The molecule has 0 saturated heterocycles. The minimum absolute atomic E-state index is 0.291. The summed E-state index contributed by atoms with van der Waals surface area (Å²) in [5, 5.41) is 3.42. The molecule has 4 heteroatoms. The minimum Gasteiger partial charge on any atom is -0.443 e. The molecule has 1 aromatic carbocycles. The summed E-state index contributed by atoms with van der Waals surface area (Å²) in [7, 11) is 0. The standard InChI is InChI=1S/C18H28N2O2/c1-12(2)13-8-9-14-15(10-13)20(18(6,7)11-19-14)16(21)22-17(3,4)5/h8-10,12,19H,11H2,1-7H3. The van der Waals surface area contributed by atoms with Crippen LogP contribution in [-0.2, 0) is 4.74 Å². The molecule has 2 rings (SSSR count). The molecule has 1 heterocycles. The van der Waals surface area contributed by atoms with Crippen molar-refractivity contribution in [2.75, 3.05) is 16.8 Å². The fourth-order valence-electron chi connectivity index (χ4n) is 2.61. The molecule has 1 amide bonds. The van der Waals surface area contributed by atoms with Gasteiger partial charge in [-0.25, -0.2) is 4.79 Å². The molecule has 1 aromatic rings. The molecule has 0 radical (unpaired) electrons. The average Bonchev–Trinajstić information content (AvgIpc) is 2.34. The molecule has 22 heavy (non-hydrogen) atoms. The van der Waals surface area contributed by atoms with Gasteiger partial charge in [0.15, 0.2) is 0 Å². The summed E-state index contributed by atoms with van der Waals surface area (Å²) in [5.74, 6) is 0.413. The molecule has 4 nitrogen and oxygen atoms in total. The van der Waals surface area contributed by atoms with Gasteiger partial charge in [0, 0.05) is 6.54 Å². The maximum atomic E-state index is 12.7. The van der Waals surface area contributed by atoms with Gasteiger partial charge in [0.25, 0.3) is 0 Å². The average molecular weight is 304 g/mol.